The van der Waals surface area contributed by atoms with Crippen molar-refractivity contribution in [3.05, 3.63) is 28.8 Å². The van der Waals surface area contributed by atoms with E-state index in [9.17, 15) is 25.9 Å². The predicted octanol–water partition coefficient (Wildman–Crippen LogP) is 3.13. The van der Waals surface area contributed by atoms with E-state index in [0.717, 1.165) is 5.56 Å². The molecule has 0 radical (unpaired) electrons. The molecule has 1 atom stereocenters. The highest BCUT2D eigenvalue weighted by molar-refractivity contribution is 7.87. The summed E-state index contributed by atoms with van der Waals surface area (Å²) in [6, 6.07) is 3.07. The summed E-state index contributed by atoms with van der Waals surface area (Å²) in [6.45, 7) is 8.45. The van der Waals surface area contributed by atoms with Crippen molar-refractivity contribution >= 4 is 20.2 Å². The van der Waals surface area contributed by atoms with E-state index in [0.29, 0.717) is 5.56 Å². The molecule has 0 saturated carbocycles. The first-order valence-corrected chi connectivity index (χ1v) is 9.82. The summed E-state index contributed by atoms with van der Waals surface area (Å²) in [4.78, 5) is -0.433. The van der Waals surface area contributed by atoms with Gasteiger partial charge in [-0.05, 0) is 35.4 Å². The SMILES string of the molecule is CC(C)c1cc(C(C)C)c(S(=O)(=O)O)c(C(C)S(=O)(=O)O)c1. The van der Waals surface area contributed by atoms with Gasteiger partial charge in [-0.3, -0.25) is 9.11 Å². The van der Waals surface area contributed by atoms with Gasteiger partial charge in [-0.2, -0.15) is 16.8 Å². The van der Waals surface area contributed by atoms with Gasteiger partial charge >= 0.3 is 0 Å². The van der Waals surface area contributed by atoms with Gasteiger partial charge in [-0.1, -0.05) is 39.8 Å². The lowest BCUT2D eigenvalue weighted by Gasteiger charge is -2.21. The number of rotatable bonds is 5. The molecule has 1 aromatic carbocycles. The third-order valence-electron chi connectivity index (χ3n) is 3.60. The number of hydrogen-bond donors (Lipinski definition) is 2. The number of benzene rings is 1. The second-order valence-corrected chi connectivity index (χ2v) is 9.07. The molecule has 0 aliphatic heterocycles. The molecule has 0 heterocycles. The maximum atomic E-state index is 11.8. The van der Waals surface area contributed by atoms with E-state index in [1.54, 1.807) is 19.9 Å². The van der Waals surface area contributed by atoms with Crippen LogP contribution in [0.5, 0.6) is 0 Å². The molecule has 0 amide bonds. The lowest BCUT2D eigenvalue weighted by molar-refractivity contribution is 0.469. The Morgan fingerprint density at radius 3 is 1.59 bits per heavy atom. The third-order valence-corrected chi connectivity index (χ3v) is 5.73. The Morgan fingerprint density at radius 2 is 1.27 bits per heavy atom. The third kappa shape index (κ3) is 4.07. The summed E-state index contributed by atoms with van der Waals surface area (Å²) in [5.41, 5.74) is 0.959. The summed E-state index contributed by atoms with van der Waals surface area (Å²) >= 11 is 0. The van der Waals surface area contributed by atoms with Crippen LogP contribution in [0.1, 0.15) is 68.4 Å². The predicted molar refractivity (Wildman–Crippen MR) is 84.4 cm³/mol. The van der Waals surface area contributed by atoms with Crippen LogP contribution in [0.3, 0.4) is 0 Å². The van der Waals surface area contributed by atoms with E-state index < -0.39 is 30.4 Å². The molecule has 0 spiro atoms. The van der Waals surface area contributed by atoms with Crippen LogP contribution in [0.25, 0.3) is 0 Å². The van der Waals surface area contributed by atoms with Gasteiger partial charge in [-0.25, -0.2) is 0 Å². The highest BCUT2D eigenvalue weighted by Gasteiger charge is 2.31. The monoisotopic (exact) mass is 350 g/mol. The van der Waals surface area contributed by atoms with E-state index >= 15 is 0 Å². The van der Waals surface area contributed by atoms with Crippen molar-refractivity contribution in [1.82, 2.24) is 0 Å². The first kappa shape index (κ1) is 19.1. The zero-order chi connectivity index (χ0) is 17.5. The van der Waals surface area contributed by atoms with Gasteiger partial charge in [0.15, 0.2) is 0 Å². The maximum Gasteiger partial charge on any atom is 0.295 e. The molecule has 0 bridgehead atoms. The van der Waals surface area contributed by atoms with Crippen molar-refractivity contribution in [2.24, 2.45) is 0 Å². The maximum absolute atomic E-state index is 11.8. The molecular formula is C14H22O6S2. The van der Waals surface area contributed by atoms with Crippen molar-refractivity contribution < 1.29 is 25.9 Å². The molecule has 0 fully saturated rings. The second-order valence-electron chi connectivity index (χ2n) is 5.97. The molecule has 1 rings (SSSR count). The van der Waals surface area contributed by atoms with E-state index in [1.807, 2.05) is 13.8 Å². The molecule has 0 saturated heterocycles. The Hall–Kier alpha value is -0.960. The highest BCUT2D eigenvalue weighted by Crippen LogP contribution is 2.36. The lowest BCUT2D eigenvalue weighted by atomic mass is 9.92. The van der Waals surface area contributed by atoms with Crippen LogP contribution in [0.2, 0.25) is 0 Å². The zero-order valence-electron chi connectivity index (χ0n) is 13.2. The smallest absolute Gasteiger partial charge is 0.285 e. The fraction of sp³-hybridized carbons (Fsp3) is 0.571. The molecular weight excluding hydrogens is 328 g/mol. The van der Waals surface area contributed by atoms with Crippen LogP contribution in [0.15, 0.2) is 17.0 Å². The Balaban J connectivity index is 3.93. The summed E-state index contributed by atoms with van der Waals surface area (Å²) in [6.07, 6.45) is 0. The molecule has 1 aromatic rings. The highest BCUT2D eigenvalue weighted by atomic mass is 32.2. The van der Waals surface area contributed by atoms with Gasteiger partial charge in [0.2, 0.25) is 0 Å². The quantitative estimate of drug-likeness (QED) is 0.790. The van der Waals surface area contributed by atoms with E-state index in [4.69, 9.17) is 0 Å². The summed E-state index contributed by atoms with van der Waals surface area (Å²) in [5.74, 6) is -0.219. The minimum Gasteiger partial charge on any atom is -0.285 e. The van der Waals surface area contributed by atoms with Gasteiger partial charge in [0.25, 0.3) is 20.2 Å². The van der Waals surface area contributed by atoms with Gasteiger partial charge in [0.1, 0.15) is 10.1 Å². The van der Waals surface area contributed by atoms with Gasteiger partial charge in [0, 0.05) is 0 Å². The molecule has 0 aliphatic carbocycles. The lowest BCUT2D eigenvalue weighted by Crippen LogP contribution is -2.16. The van der Waals surface area contributed by atoms with Crippen molar-refractivity contribution in [3.63, 3.8) is 0 Å². The van der Waals surface area contributed by atoms with Crippen LogP contribution < -0.4 is 0 Å². The fourth-order valence-electron chi connectivity index (χ4n) is 2.22. The Morgan fingerprint density at radius 1 is 0.818 bits per heavy atom. The Bertz CT molecular complexity index is 761. The molecule has 0 aliphatic rings. The van der Waals surface area contributed by atoms with Crippen LogP contribution in [0.4, 0.5) is 0 Å². The van der Waals surface area contributed by atoms with E-state index in [-0.39, 0.29) is 17.4 Å². The molecule has 1 unspecified atom stereocenters. The van der Waals surface area contributed by atoms with Crippen LogP contribution in [-0.2, 0) is 20.2 Å². The van der Waals surface area contributed by atoms with Gasteiger partial charge in [-0.15, -0.1) is 0 Å². The molecule has 6 nitrogen and oxygen atoms in total. The topological polar surface area (TPSA) is 109 Å². The minimum atomic E-state index is -4.63. The standard InChI is InChI=1S/C14H22O6S2/c1-8(2)11-6-12(9(3)4)14(22(18,19)20)13(7-11)10(5)21(15,16)17/h6-10H,1-5H3,(H,15,16,17)(H,18,19,20). The largest absolute Gasteiger partial charge is 0.295 e. The van der Waals surface area contributed by atoms with Crippen molar-refractivity contribution in [2.75, 3.05) is 0 Å². The average molecular weight is 350 g/mol. The van der Waals surface area contributed by atoms with E-state index in [2.05, 4.69) is 0 Å². The van der Waals surface area contributed by atoms with Crippen LogP contribution in [0, 0.1) is 0 Å². The Labute approximate surface area is 132 Å². The van der Waals surface area contributed by atoms with Gasteiger partial charge < -0.3 is 0 Å². The molecule has 126 valence electrons. The minimum absolute atomic E-state index is 0.0280. The summed E-state index contributed by atoms with van der Waals surface area (Å²) in [7, 11) is -9.13. The van der Waals surface area contributed by atoms with Crippen LogP contribution >= 0.6 is 0 Å². The van der Waals surface area contributed by atoms with Crippen molar-refractivity contribution in [1.29, 1.82) is 0 Å². The normalized spacial score (nSPS) is 14.6. The summed E-state index contributed by atoms with van der Waals surface area (Å²) in [5, 5.41) is -1.46. The molecule has 8 heteroatoms. The van der Waals surface area contributed by atoms with Crippen molar-refractivity contribution in [2.45, 2.75) is 56.6 Å². The second kappa shape index (κ2) is 6.27. The van der Waals surface area contributed by atoms with E-state index in [1.165, 1.54) is 13.0 Å². The Kier molecular flexibility index (Phi) is 5.44. The molecule has 0 aromatic heterocycles. The molecule has 2 N–H and O–H groups in total. The first-order chi connectivity index (χ1) is 9.76. The fourth-order valence-corrected chi connectivity index (χ4v) is 3.93. The van der Waals surface area contributed by atoms with Crippen LogP contribution in [-0.4, -0.2) is 25.9 Å². The average Bonchev–Trinajstić information content (AvgIpc) is 2.33. The first-order valence-electron chi connectivity index (χ1n) is 6.88. The number of hydrogen-bond acceptors (Lipinski definition) is 4. The zero-order valence-corrected chi connectivity index (χ0v) is 14.9. The van der Waals surface area contributed by atoms with Gasteiger partial charge in [0.05, 0.1) is 0 Å². The molecule has 22 heavy (non-hydrogen) atoms. The summed E-state index contributed by atoms with van der Waals surface area (Å²) < 4.78 is 65.3. The van der Waals surface area contributed by atoms with Crippen molar-refractivity contribution in [3.8, 4) is 0 Å².